The van der Waals surface area contributed by atoms with Gasteiger partial charge in [-0.15, -0.1) is 0 Å². The lowest BCUT2D eigenvalue weighted by atomic mass is 9.87. The number of esters is 1. The molecule has 0 amide bonds. The number of rotatable bonds is 5. The summed E-state index contributed by atoms with van der Waals surface area (Å²) in [5, 5.41) is 9.43. The van der Waals surface area contributed by atoms with E-state index in [0.717, 1.165) is 5.56 Å². The van der Waals surface area contributed by atoms with Gasteiger partial charge in [-0.05, 0) is 48.2 Å². The summed E-state index contributed by atoms with van der Waals surface area (Å²) in [5.41, 5.74) is 0.977. The first kappa shape index (κ1) is 19.8. The number of carboxylic acids is 1. The van der Waals surface area contributed by atoms with Gasteiger partial charge in [0.05, 0.1) is 0 Å². The van der Waals surface area contributed by atoms with Crippen LogP contribution in [0, 0.1) is 0 Å². The molecule has 2 aromatic rings. The molecule has 0 aliphatic rings. The van der Waals surface area contributed by atoms with E-state index in [1.54, 1.807) is 12.1 Å². The summed E-state index contributed by atoms with van der Waals surface area (Å²) in [4.78, 5) is 23.5. The molecule has 2 rings (SSSR count). The van der Waals surface area contributed by atoms with Crippen molar-refractivity contribution in [3.8, 4) is 11.5 Å². The van der Waals surface area contributed by atoms with Crippen molar-refractivity contribution in [2.75, 3.05) is 0 Å². The molecule has 0 spiro atoms. The Morgan fingerprint density at radius 2 is 1.69 bits per heavy atom. The van der Waals surface area contributed by atoms with Gasteiger partial charge in [0.25, 0.3) is 0 Å². The quantitative estimate of drug-likeness (QED) is 0.604. The molecule has 1 N–H and O–H groups in total. The average Bonchev–Trinajstić information content (AvgIpc) is 2.55. The van der Waals surface area contributed by atoms with Crippen molar-refractivity contribution in [2.45, 2.75) is 39.2 Å². The lowest BCUT2D eigenvalue weighted by molar-refractivity contribution is -0.141. The summed E-state index contributed by atoms with van der Waals surface area (Å²) in [6.45, 7) is 7.86. The number of halogens is 1. The molecule has 6 heteroatoms. The van der Waals surface area contributed by atoms with Crippen LogP contribution in [0.25, 0.3) is 0 Å². The Labute approximate surface area is 157 Å². The van der Waals surface area contributed by atoms with Crippen LogP contribution in [0.2, 0.25) is 5.02 Å². The molecule has 1 unspecified atom stereocenters. The van der Waals surface area contributed by atoms with E-state index in [4.69, 9.17) is 21.1 Å². The lowest BCUT2D eigenvalue weighted by Gasteiger charge is -2.20. The summed E-state index contributed by atoms with van der Waals surface area (Å²) in [5.74, 6) is -1.49. The number of carbonyl (C=O) groups excluding carboxylic acids is 1. The SMILES string of the molecule is CC(Oc1ccc(C(C)(C)C)cc1)C(=O)Oc1ccc(Cl)cc1C(=O)O. The highest BCUT2D eigenvalue weighted by Gasteiger charge is 2.21. The number of carboxylic acid groups (broad SMARTS) is 1. The zero-order valence-corrected chi connectivity index (χ0v) is 15.8. The van der Waals surface area contributed by atoms with Crippen molar-refractivity contribution in [3.63, 3.8) is 0 Å². The highest BCUT2D eigenvalue weighted by atomic mass is 35.5. The second-order valence-corrected chi connectivity index (χ2v) is 7.34. The smallest absolute Gasteiger partial charge is 0.352 e. The number of hydrogen-bond acceptors (Lipinski definition) is 4. The molecule has 0 saturated heterocycles. The van der Waals surface area contributed by atoms with Gasteiger partial charge in [-0.3, -0.25) is 0 Å². The maximum atomic E-state index is 12.2. The molecule has 0 saturated carbocycles. The number of aromatic carboxylic acids is 1. The highest BCUT2D eigenvalue weighted by Crippen LogP contribution is 2.26. The number of ether oxygens (including phenoxy) is 2. The van der Waals surface area contributed by atoms with E-state index in [9.17, 15) is 14.7 Å². The maximum Gasteiger partial charge on any atom is 0.352 e. The van der Waals surface area contributed by atoms with Gasteiger partial charge in [0.2, 0.25) is 0 Å². The Morgan fingerprint density at radius 3 is 2.23 bits per heavy atom. The molecule has 1 atom stereocenters. The van der Waals surface area contributed by atoms with Crippen LogP contribution in [-0.2, 0) is 10.2 Å². The molecule has 0 aromatic heterocycles. The molecule has 0 heterocycles. The Hall–Kier alpha value is -2.53. The van der Waals surface area contributed by atoms with E-state index in [0.29, 0.717) is 5.75 Å². The van der Waals surface area contributed by atoms with E-state index in [1.807, 2.05) is 12.1 Å². The van der Waals surface area contributed by atoms with Gasteiger partial charge in [0.1, 0.15) is 17.1 Å². The molecule has 0 aliphatic heterocycles. The Morgan fingerprint density at radius 1 is 1.08 bits per heavy atom. The van der Waals surface area contributed by atoms with Crippen LogP contribution in [0.15, 0.2) is 42.5 Å². The van der Waals surface area contributed by atoms with E-state index in [1.165, 1.54) is 25.1 Å². The Kier molecular flexibility index (Phi) is 5.93. The van der Waals surface area contributed by atoms with Crippen LogP contribution in [-0.4, -0.2) is 23.1 Å². The van der Waals surface area contributed by atoms with Gasteiger partial charge in [0.15, 0.2) is 6.10 Å². The fourth-order valence-electron chi connectivity index (χ4n) is 2.24. The predicted molar refractivity (Wildman–Crippen MR) is 99.3 cm³/mol. The molecule has 0 aliphatic carbocycles. The van der Waals surface area contributed by atoms with Crippen molar-refractivity contribution < 1.29 is 24.2 Å². The zero-order chi connectivity index (χ0) is 19.5. The molecule has 0 bridgehead atoms. The normalized spacial score (nSPS) is 12.3. The molecule has 2 aromatic carbocycles. The molecular formula is C20H21ClO5. The van der Waals surface area contributed by atoms with Gasteiger partial charge in [0, 0.05) is 5.02 Å². The number of hydrogen-bond donors (Lipinski definition) is 1. The van der Waals surface area contributed by atoms with Crippen molar-refractivity contribution in [3.05, 3.63) is 58.6 Å². The third-order valence-electron chi connectivity index (χ3n) is 3.75. The first-order chi connectivity index (χ1) is 12.1. The average molecular weight is 377 g/mol. The number of carbonyl (C=O) groups is 2. The minimum absolute atomic E-state index is 0.0187. The Bertz CT molecular complexity index is 806. The van der Waals surface area contributed by atoms with Gasteiger partial charge in [-0.25, -0.2) is 9.59 Å². The molecular weight excluding hydrogens is 356 g/mol. The second kappa shape index (κ2) is 7.79. The topological polar surface area (TPSA) is 72.8 Å². The van der Waals surface area contributed by atoms with E-state index in [2.05, 4.69) is 20.8 Å². The standard InChI is InChI=1S/C20H21ClO5/c1-12(25-15-8-5-13(6-9-15)20(2,3)4)19(24)26-17-10-7-14(21)11-16(17)18(22)23/h5-12H,1-4H3,(H,22,23). The fourth-order valence-corrected chi connectivity index (χ4v) is 2.41. The van der Waals surface area contributed by atoms with Crippen LogP contribution in [0.1, 0.15) is 43.6 Å². The Balaban J connectivity index is 2.08. The predicted octanol–water partition coefficient (Wildman–Crippen LogP) is 4.71. The summed E-state index contributed by atoms with van der Waals surface area (Å²) in [7, 11) is 0. The van der Waals surface area contributed by atoms with Crippen LogP contribution in [0.5, 0.6) is 11.5 Å². The highest BCUT2D eigenvalue weighted by molar-refractivity contribution is 6.31. The first-order valence-corrected chi connectivity index (χ1v) is 8.47. The summed E-state index contributed by atoms with van der Waals surface area (Å²) in [6, 6.07) is 11.5. The number of benzene rings is 2. The van der Waals surface area contributed by atoms with E-state index < -0.39 is 18.0 Å². The van der Waals surface area contributed by atoms with Crippen LogP contribution < -0.4 is 9.47 Å². The van der Waals surface area contributed by atoms with Crippen molar-refractivity contribution in [1.82, 2.24) is 0 Å². The summed E-state index contributed by atoms with van der Waals surface area (Å²) >= 11 is 5.78. The summed E-state index contributed by atoms with van der Waals surface area (Å²) < 4.78 is 10.8. The van der Waals surface area contributed by atoms with Crippen molar-refractivity contribution in [1.29, 1.82) is 0 Å². The summed E-state index contributed by atoms with van der Waals surface area (Å²) in [6.07, 6.45) is -0.909. The first-order valence-electron chi connectivity index (χ1n) is 8.09. The molecule has 0 radical (unpaired) electrons. The molecule has 0 fully saturated rings. The van der Waals surface area contributed by atoms with Gasteiger partial charge in [-0.1, -0.05) is 44.5 Å². The third kappa shape index (κ3) is 4.99. The third-order valence-corrected chi connectivity index (χ3v) is 3.98. The van der Waals surface area contributed by atoms with Crippen LogP contribution >= 0.6 is 11.6 Å². The largest absolute Gasteiger partial charge is 0.479 e. The minimum atomic E-state index is -1.23. The zero-order valence-electron chi connectivity index (χ0n) is 15.1. The van der Waals surface area contributed by atoms with Crippen molar-refractivity contribution >= 4 is 23.5 Å². The molecule has 26 heavy (non-hydrogen) atoms. The van der Waals surface area contributed by atoms with Gasteiger partial charge >= 0.3 is 11.9 Å². The van der Waals surface area contributed by atoms with Crippen LogP contribution in [0.3, 0.4) is 0 Å². The van der Waals surface area contributed by atoms with E-state index in [-0.39, 0.29) is 21.8 Å². The maximum absolute atomic E-state index is 12.2. The van der Waals surface area contributed by atoms with Crippen LogP contribution in [0.4, 0.5) is 0 Å². The fraction of sp³-hybridized carbons (Fsp3) is 0.300. The second-order valence-electron chi connectivity index (χ2n) is 6.90. The molecule has 138 valence electrons. The van der Waals surface area contributed by atoms with Gasteiger partial charge in [-0.2, -0.15) is 0 Å². The van der Waals surface area contributed by atoms with Gasteiger partial charge < -0.3 is 14.6 Å². The van der Waals surface area contributed by atoms with E-state index >= 15 is 0 Å². The minimum Gasteiger partial charge on any atom is -0.479 e. The van der Waals surface area contributed by atoms with Crippen molar-refractivity contribution in [2.24, 2.45) is 0 Å². The monoisotopic (exact) mass is 376 g/mol. The molecule has 5 nitrogen and oxygen atoms in total. The lowest BCUT2D eigenvalue weighted by Crippen LogP contribution is -2.29.